The van der Waals surface area contributed by atoms with Gasteiger partial charge in [-0.3, -0.25) is 4.79 Å². The van der Waals surface area contributed by atoms with Crippen LogP contribution in [0.1, 0.15) is 21.7 Å². The van der Waals surface area contributed by atoms with Gasteiger partial charge in [0, 0.05) is 39.1 Å². The first-order valence-corrected chi connectivity index (χ1v) is 11.5. The molecule has 5 nitrogen and oxygen atoms in total. The maximum Gasteiger partial charge on any atom is 0.243 e. The Morgan fingerprint density at radius 3 is 2.31 bits per heavy atom. The standard InChI is InChI=1S/C18H21BrN2O3S2/c1-14-2-4-15(5-3-14)26(23,24)21-12-10-20(11-13-21)9-8-16(22)17-6-7-18(19)25-17/h2-7H,8-13H2,1H3. The summed E-state index contributed by atoms with van der Waals surface area (Å²) < 4.78 is 27.9. The van der Waals surface area contributed by atoms with Crippen molar-refractivity contribution in [2.75, 3.05) is 32.7 Å². The summed E-state index contributed by atoms with van der Waals surface area (Å²) in [6.07, 6.45) is 0.456. The van der Waals surface area contributed by atoms with Crippen LogP contribution >= 0.6 is 27.3 Å². The number of hydrogen-bond acceptors (Lipinski definition) is 5. The van der Waals surface area contributed by atoms with Gasteiger partial charge in [-0.25, -0.2) is 8.42 Å². The van der Waals surface area contributed by atoms with Crippen LogP contribution in [-0.2, 0) is 10.0 Å². The first-order chi connectivity index (χ1) is 12.4. The third kappa shape index (κ3) is 4.61. The van der Waals surface area contributed by atoms with Crippen LogP contribution in [0.15, 0.2) is 45.1 Å². The van der Waals surface area contributed by atoms with Crippen molar-refractivity contribution in [2.45, 2.75) is 18.2 Å². The van der Waals surface area contributed by atoms with Gasteiger partial charge in [0.25, 0.3) is 0 Å². The molecule has 0 aliphatic carbocycles. The number of benzene rings is 1. The lowest BCUT2D eigenvalue weighted by Crippen LogP contribution is -2.48. The molecule has 0 spiro atoms. The lowest BCUT2D eigenvalue weighted by atomic mass is 10.2. The molecule has 0 atom stereocenters. The first-order valence-electron chi connectivity index (χ1n) is 8.44. The molecule has 8 heteroatoms. The summed E-state index contributed by atoms with van der Waals surface area (Å²) in [5.41, 5.74) is 1.04. The molecular formula is C18H21BrN2O3S2. The number of hydrogen-bond donors (Lipinski definition) is 0. The number of Topliss-reactive ketones (excluding diaryl/α,β-unsaturated/α-hetero) is 1. The zero-order valence-corrected chi connectivity index (χ0v) is 17.7. The number of rotatable bonds is 6. The van der Waals surface area contributed by atoms with Gasteiger partial charge < -0.3 is 4.90 Å². The van der Waals surface area contributed by atoms with Crippen LogP contribution in [-0.4, -0.2) is 56.1 Å². The highest BCUT2D eigenvalue weighted by Gasteiger charge is 2.28. The normalized spacial score (nSPS) is 16.7. The lowest BCUT2D eigenvalue weighted by Gasteiger charge is -2.33. The minimum Gasteiger partial charge on any atom is -0.300 e. The number of halogens is 1. The lowest BCUT2D eigenvalue weighted by molar-refractivity contribution is 0.0956. The van der Waals surface area contributed by atoms with E-state index in [4.69, 9.17) is 0 Å². The van der Waals surface area contributed by atoms with Crippen LogP contribution < -0.4 is 0 Å². The first kappa shape index (κ1) is 19.7. The Hall–Kier alpha value is -1.06. The van der Waals surface area contributed by atoms with Crippen LogP contribution in [0.2, 0.25) is 0 Å². The zero-order valence-electron chi connectivity index (χ0n) is 14.5. The van der Waals surface area contributed by atoms with Crippen LogP contribution in [0.5, 0.6) is 0 Å². The molecule has 1 aromatic heterocycles. The highest BCUT2D eigenvalue weighted by atomic mass is 79.9. The molecule has 0 amide bonds. The fourth-order valence-electron chi connectivity index (χ4n) is 2.90. The Morgan fingerprint density at radius 2 is 1.73 bits per heavy atom. The van der Waals surface area contributed by atoms with Crippen molar-refractivity contribution >= 4 is 43.1 Å². The monoisotopic (exact) mass is 456 g/mol. The molecule has 140 valence electrons. The second-order valence-corrected chi connectivity index (χ2v) is 10.7. The second kappa shape index (κ2) is 8.31. The van der Waals surface area contributed by atoms with Crippen molar-refractivity contribution in [2.24, 2.45) is 0 Å². The fourth-order valence-corrected chi connectivity index (χ4v) is 5.68. The third-order valence-corrected chi connectivity index (χ3v) is 8.07. The number of carbonyl (C=O) groups is 1. The van der Waals surface area contributed by atoms with Crippen LogP contribution in [0, 0.1) is 6.92 Å². The molecule has 0 bridgehead atoms. The highest BCUT2D eigenvalue weighted by molar-refractivity contribution is 9.11. The molecule has 3 rings (SSSR count). The Bertz CT molecular complexity index is 870. The van der Waals surface area contributed by atoms with E-state index >= 15 is 0 Å². The van der Waals surface area contributed by atoms with Crippen molar-refractivity contribution < 1.29 is 13.2 Å². The van der Waals surface area contributed by atoms with E-state index in [2.05, 4.69) is 20.8 Å². The average molecular weight is 457 g/mol. The summed E-state index contributed by atoms with van der Waals surface area (Å²) in [4.78, 5) is 15.5. The quantitative estimate of drug-likeness (QED) is 0.624. The third-order valence-electron chi connectivity index (χ3n) is 4.49. The summed E-state index contributed by atoms with van der Waals surface area (Å²) in [6.45, 7) is 4.79. The summed E-state index contributed by atoms with van der Waals surface area (Å²) in [5.74, 6) is 0.135. The number of carbonyl (C=O) groups excluding carboxylic acids is 1. The molecule has 1 fully saturated rings. The molecule has 0 unspecified atom stereocenters. The smallest absolute Gasteiger partial charge is 0.243 e. The van der Waals surface area contributed by atoms with Gasteiger partial charge in [-0.2, -0.15) is 4.31 Å². The van der Waals surface area contributed by atoms with Crippen LogP contribution in [0.3, 0.4) is 0 Å². The molecule has 1 aliphatic heterocycles. The fraction of sp³-hybridized carbons (Fsp3) is 0.389. The van der Waals surface area contributed by atoms with E-state index in [1.807, 2.05) is 31.2 Å². The van der Waals surface area contributed by atoms with Gasteiger partial charge in [-0.15, -0.1) is 11.3 Å². The zero-order chi connectivity index (χ0) is 18.7. The van der Waals surface area contributed by atoms with Crippen molar-refractivity contribution in [1.29, 1.82) is 0 Å². The Labute approximate surface area is 166 Å². The summed E-state index contributed by atoms with van der Waals surface area (Å²) in [5, 5.41) is 0. The van der Waals surface area contributed by atoms with Crippen molar-refractivity contribution in [3.8, 4) is 0 Å². The summed E-state index contributed by atoms with van der Waals surface area (Å²) >= 11 is 4.82. The Balaban J connectivity index is 1.52. The van der Waals surface area contributed by atoms with Crippen molar-refractivity contribution in [1.82, 2.24) is 9.21 Å². The number of ketones is 1. The van der Waals surface area contributed by atoms with Gasteiger partial charge in [0.15, 0.2) is 5.78 Å². The number of sulfonamides is 1. The van der Waals surface area contributed by atoms with Gasteiger partial charge >= 0.3 is 0 Å². The van der Waals surface area contributed by atoms with Crippen LogP contribution in [0.25, 0.3) is 0 Å². The van der Waals surface area contributed by atoms with Crippen molar-refractivity contribution in [3.63, 3.8) is 0 Å². The average Bonchev–Trinajstić information content (AvgIpc) is 3.07. The van der Waals surface area contributed by atoms with Gasteiger partial charge in [-0.1, -0.05) is 17.7 Å². The molecule has 2 heterocycles. The van der Waals surface area contributed by atoms with Crippen LogP contribution in [0.4, 0.5) is 0 Å². The summed E-state index contributed by atoms with van der Waals surface area (Å²) in [6, 6.07) is 10.7. The number of piperazine rings is 1. The van der Waals surface area contributed by atoms with Gasteiger partial charge in [0.05, 0.1) is 13.6 Å². The molecule has 1 saturated heterocycles. The molecule has 0 N–H and O–H groups in total. The number of nitrogens with zero attached hydrogens (tertiary/aromatic N) is 2. The number of thiophene rings is 1. The molecule has 26 heavy (non-hydrogen) atoms. The van der Waals surface area contributed by atoms with Gasteiger partial charge in [0.1, 0.15) is 0 Å². The molecule has 1 aromatic carbocycles. The SMILES string of the molecule is Cc1ccc(S(=O)(=O)N2CCN(CCC(=O)c3ccc(Br)s3)CC2)cc1. The Kier molecular flexibility index (Phi) is 6.29. The largest absolute Gasteiger partial charge is 0.300 e. The number of aryl methyl sites for hydroxylation is 1. The predicted octanol–water partition coefficient (Wildman–Crippen LogP) is 3.40. The van der Waals surface area contributed by atoms with E-state index in [0.717, 1.165) is 14.2 Å². The molecule has 0 radical (unpaired) electrons. The van der Waals surface area contributed by atoms with Gasteiger partial charge in [0.2, 0.25) is 10.0 Å². The Morgan fingerprint density at radius 1 is 1.08 bits per heavy atom. The minimum atomic E-state index is -3.44. The topological polar surface area (TPSA) is 57.7 Å². The van der Waals surface area contributed by atoms with E-state index in [1.165, 1.54) is 15.6 Å². The van der Waals surface area contributed by atoms with E-state index in [9.17, 15) is 13.2 Å². The highest BCUT2D eigenvalue weighted by Crippen LogP contribution is 2.23. The van der Waals surface area contributed by atoms with E-state index < -0.39 is 10.0 Å². The molecular weight excluding hydrogens is 436 g/mol. The van der Waals surface area contributed by atoms with Crippen molar-refractivity contribution in [3.05, 3.63) is 50.6 Å². The molecule has 0 saturated carbocycles. The molecule has 1 aliphatic rings. The molecule has 2 aromatic rings. The van der Waals surface area contributed by atoms with E-state index in [1.54, 1.807) is 12.1 Å². The maximum absolute atomic E-state index is 12.7. The second-order valence-electron chi connectivity index (χ2n) is 6.34. The van der Waals surface area contributed by atoms with E-state index in [-0.39, 0.29) is 5.78 Å². The maximum atomic E-state index is 12.7. The van der Waals surface area contributed by atoms with E-state index in [0.29, 0.717) is 44.0 Å². The predicted molar refractivity (Wildman–Crippen MR) is 107 cm³/mol. The minimum absolute atomic E-state index is 0.135. The van der Waals surface area contributed by atoms with Gasteiger partial charge in [-0.05, 0) is 47.1 Å². The summed E-state index contributed by atoms with van der Waals surface area (Å²) in [7, 11) is -3.44.